The number of rotatable bonds is 5. The summed E-state index contributed by atoms with van der Waals surface area (Å²) < 4.78 is 6.10. The van der Waals surface area contributed by atoms with Crippen molar-refractivity contribution in [2.24, 2.45) is 5.92 Å². The summed E-state index contributed by atoms with van der Waals surface area (Å²) in [4.78, 5) is 4.81. The van der Waals surface area contributed by atoms with Gasteiger partial charge in [-0.1, -0.05) is 40.9 Å². The number of anilines is 1. The van der Waals surface area contributed by atoms with E-state index in [0.717, 1.165) is 69.8 Å². The first-order valence-electron chi connectivity index (χ1n) is 10.6. The maximum atomic E-state index is 10.2. The maximum Gasteiger partial charge on any atom is 0.157 e. The molecule has 0 radical (unpaired) electrons. The van der Waals surface area contributed by atoms with Crippen LogP contribution in [0.1, 0.15) is 25.7 Å². The van der Waals surface area contributed by atoms with Crippen molar-refractivity contribution in [1.29, 1.82) is 0 Å². The number of para-hydroxylation sites is 1. The first-order chi connectivity index (χ1) is 14.5. The molecule has 7 heteroatoms. The smallest absolute Gasteiger partial charge is 0.157 e. The summed E-state index contributed by atoms with van der Waals surface area (Å²) in [5.74, 6) is 1.68. The fraction of sp³-hybridized carbons (Fsp3) is 0.478. The number of phenols is 1. The summed E-state index contributed by atoms with van der Waals surface area (Å²) in [6.45, 7) is 5.16. The minimum absolute atomic E-state index is 0.196. The zero-order valence-electron chi connectivity index (χ0n) is 16.9. The Balaban J connectivity index is 1.21. The molecule has 2 heterocycles. The molecule has 4 nitrogen and oxygen atoms in total. The molecule has 1 N–H and O–H groups in total. The summed E-state index contributed by atoms with van der Waals surface area (Å²) in [6.07, 6.45) is 4.54. The van der Waals surface area contributed by atoms with E-state index in [1.807, 2.05) is 18.2 Å². The van der Waals surface area contributed by atoms with E-state index in [1.165, 1.54) is 0 Å². The maximum absolute atomic E-state index is 10.2. The predicted molar refractivity (Wildman–Crippen MR) is 125 cm³/mol. The summed E-state index contributed by atoms with van der Waals surface area (Å²) in [7, 11) is 0. The standard InChI is InChI=1S/C23H27Cl3N2O2/c24-19-5-4-18(14-21(19)26)30-17-8-10-27(11-9-17)15-16-6-12-28(13-7-16)22-3-1-2-20(25)23(22)29/h1-5,14,16-17,29H,6-13,15H2. The third kappa shape index (κ3) is 5.28. The van der Waals surface area contributed by atoms with Crippen LogP contribution in [0.3, 0.4) is 0 Å². The van der Waals surface area contributed by atoms with Crippen LogP contribution in [0.15, 0.2) is 36.4 Å². The molecule has 2 aromatic carbocycles. The monoisotopic (exact) mass is 468 g/mol. The number of hydrogen-bond donors (Lipinski definition) is 1. The van der Waals surface area contributed by atoms with E-state index in [9.17, 15) is 5.11 Å². The van der Waals surface area contributed by atoms with Gasteiger partial charge in [0, 0.05) is 38.8 Å². The Morgan fingerprint density at radius 2 is 1.60 bits per heavy atom. The summed E-state index contributed by atoms with van der Waals surface area (Å²) in [6, 6.07) is 11.0. The number of piperidine rings is 2. The lowest BCUT2D eigenvalue weighted by Gasteiger charge is -2.38. The van der Waals surface area contributed by atoms with Crippen molar-refractivity contribution in [2.45, 2.75) is 31.8 Å². The Labute approximate surface area is 193 Å². The van der Waals surface area contributed by atoms with E-state index in [-0.39, 0.29) is 11.9 Å². The Morgan fingerprint density at radius 3 is 2.30 bits per heavy atom. The Bertz CT molecular complexity index is 864. The zero-order valence-corrected chi connectivity index (χ0v) is 19.1. The number of ether oxygens (including phenoxy) is 1. The van der Waals surface area contributed by atoms with E-state index in [4.69, 9.17) is 39.5 Å². The molecule has 2 aliphatic rings. The van der Waals surface area contributed by atoms with Crippen LogP contribution in [0.25, 0.3) is 0 Å². The molecule has 162 valence electrons. The molecule has 0 aromatic heterocycles. The van der Waals surface area contributed by atoms with Gasteiger partial charge in [-0.25, -0.2) is 0 Å². The molecule has 0 aliphatic carbocycles. The van der Waals surface area contributed by atoms with Gasteiger partial charge < -0.3 is 19.6 Å². The fourth-order valence-corrected chi connectivity index (χ4v) is 4.89. The van der Waals surface area contributed by atoms with E-state index in [0.29, 0.717) is 21.0 Å². The van der Waals surface area contributed by atoms with Crippen molar-refractivity contribution in [2.75, 3.05) is 37.6 Å². The highest BCUT2D eigenvalue weighted by Gasteiger charge is 2.26. The van der Waals surface area contributed by atoms with Gasteiger partial charge in [0.25, 0.3) is 0 Å². The van der Waals surface area contributed by atoms with Crippen LogP contribution in [0.5, 0.6) is 11.5 Å². The lowest BCUT2D eigenvalue weighted by molar-refractivity contribution is 0.0881. The van der Waals surface area contributed by atoms with Crippen molar-refractivity contribution in [1.82, 2.24) is 4.90 Å². The molecule has 2 saturated heterocycles. The number of likely N-dealkylation sites (tertiary alicyclic amines) is 1. The molecule has 4 rings (SSSR count). The first kappa shape index (κ1) is 21.9. The molecule has 0 spiro atoms. The summed E-state index contributed by atoms with van der Waals surface area (Å²) in [5.41, 5.74) is 0.848. The quantitative estimate of drug-likeness (QED) is 0.573. The van der Waals surface area contributed by atoms with Crippen LogP contribution >= 0.6 is 34.8 Å². The molecule has 0 unspecified atom stereocenters. The number of hydrogen-bond acceptors (Lipinski definition) is 4. The third-order valence-electron chi connectivity index (χ3n) is 6.17. The molecule has 30 heavy (non-hydrogen) atoms. The SMILES string of the molecule is Oc1c(Cl)cccc1N1CCC(CN2CCC(Oc3ccc(Cl)c(Cl)c3)CC2)CC1. The van der Waals surface area contributed by atoms with Gasteiger partial charge in [-0.15, -0.1) is 0 Å². The molecule has 0 saturated carbocycles. The van der Waals surface area contributed by atoms with Gasteiger partial charge in [0.2, 0.25) is 0 Å². The van der Waals surface area contributed by atoms with E-state index in [2.05, 4.69) is 9.80 Å². The Hall–Kier alpha value is -1.33. The number of aromatic hydroxyl groups is 1. The molecule has 2 fully saturated rings. The topological polar surface area (TPSA) is 35.9 Å². The van der Waals surface area contributed by atoms with Gasteiger partial charge >= 0.3 is 0 Å². The van der Waals surface area contributed by atoms with Crippen molar-refractivity contribution >= 4 is 40.5 Å². The second kappa shape index (κ2) is 9.86. The molecular weight excluding hydrogens is 443 g/mol. The van der Waals surface area contributed by atoms with Crippen molar-refractivity contribution in [3.05, 3.63) is 51.5 Å². The lowest BCUT2D eigenvalue weighted by Crippen LogP contribution is -2.43. The summed E-state index contributed by atoms with van der Waals surface area (Å²) in [5, 5.41) is 11.7. The highest BCUT2D eigenvalue weighted by Crippen LogP contribution is 2.36. The molecule has 0 amide bonds. The van der Waals surface area contributed by atoms with Crippen LogP contribution in [0.4, 0.5) is 5.69 Å². The van der Waals surface area contributed by atoms with Gasteiger partial charge in [0.1, 0.15) is 11.9 Å². The Kier molecular flexibility index (Phi) is 7.20. The molecule has 0 bridgehead atoms. The number of nitrogens with zero attached hydrogens (tertiary/aromatic N) is 2. The molecule has 0 atom stereocenters. The van der Waals surface area contributed by atoms with Gasteiger partial charge in [-0.3, -0.25) is 0 Å². The third-order valence-corrected chi connectivity index (χ3v) is 7.21. The van der Waals surface area contributed by atoms with Crippen LogP contribution in [0, 0.1) is 5.92 Å². The second-order valence-corrected chi connectivity index (χ2v) is 9.45. The van der Waals surface area contributed by atoms with Gasteiger partial charge in [0.15, 0.2) is 5.75 Å². The highest BCUT2D eigenvalue weighted by molar-refractivity contribution is 6.42. The van der Waals surface area contributed by atoms with Crippen LogP contribution in [-0.2, 0) is 0 Å². The van der Waals surface area contributed by atoms with Gasteiger partial charge in [-0.05, 0) is 55.9 Å². The van der Waals surface area contributed by atoms with Crippen molar-refractivity contribution < 1.29 is 9.84 Å². The summed E-state index contributed by atoms with van der Waals surface area (Å²) >= 11 is 18.1. The second-order valence-electron chi connectivity index (χ2n) is 8.23. The van der Waals surface area contributed by atoms with Crippen molar-refractivity contribution in [3.63, 3.8) is 0 Å². The lowest BCUT2D eigenvalue weighted by atomic mass is 9.94. The molecule has 2 aromatic rings. The minimum Gasteiger partial charge on any atom is -0.504 e. The van der Waals surface area contributed by atoms with Crippen LogP contribution in [0.2, 0.25) is 15.1 Å². The highest BCUT2D eigenvalue weighted by atomic mass is 35.5. The van der Waals surface area contributed by atoms with E-state index >= 15 is 0 Å². The Morgan fingerprint density at radius 1 is 0.867 bits per heavy atom. The zero-order chi connectivity index (χ0) is 21.1. The largest absolute Gasteiger partial charge is 0.504 e. The number of halogens is 3. The van der Waals surface area contributed by atoms with Crippen LogP contribution in [-0.4, -0.2) is 48.8 Å². The number of benzene rings is 2. The number of phenolic OH excluding ortho intramolecular Hbond substituents is 1. The molecule has 2 aliphatic heterocycles. The first-order valence-corrected chi connectivity index (χ1v) is 11.7. The van der Waals surface area contributed by atoms with Crippen molar-refractivity contribution in [3.8, 4) is 11.5 Å². The minimum atomic E-state index is 0.196. The van der Waals surface area contributed by atoms with E-state index in [1.54, 1.807) is 18.2 Å². The van der Waals surface area contributed by atoms with Gasteiger partial charge in [-0.2, -0.15) is 0 Å². The average Bonchev–Trinajstić information content (AvgIpc) is 2.75. The normalized spacial score (nSPS) is 19.2. The molecular formula is C23H27Cl3N2O2. The van der Waals surface area contributed by atoms with Gasteiger partial charge in [0.05, 0.1) is 20.8 Å². The van der Waals surface area contributed by atoms with Crippen LogP contribution < -0.4 is 9.64 Å². The predicted octanol–water partition coefficient (Wildman–Crippen LogP) is 6.11. The average molecular weight is 470 g/mol. The fourth-order valence-electron chi connectivity index (χ4n) is 4.43. The van der Waals surface area contributed by atoms with E-state index < -0.39 is 0 Å².